The van der Waals surface area contributed by atoms with Gasteiger partial charge >= 0.3 is 0 Å². The van der Waals surface area contributed by atoms with E-state index in [4.69, 9.17) is 0 Å². The Balaban J connectivity index is 1.58. The van der Waals surface area contributed by atoms with Gasteiger partial charge in [0.05, 0.1) is 5.69 Å². The predicted octanol–water partition coefficient (Wildman–Crippen LogP) is 4.13. The van der Waals surface area contributed by atoms with Gasteiger partial charge in [-0.1, -0.05) is 54.6 Å². The Morgan fingerprint density at radius 2 is 1.68 bits per heavy atom. The fourth-order valence-corrected chi connectivity index (χ4v) is 3.80. The molecule has 1 atom stereocenters. The van der Waals surface area contributed by atoms with Crippen molar-refractivity contribution in [2.75, 3.05) is 5.32 Å². The number of carbonyl (C=O) groups is 1. The standard InChI is InChI=1S/C21H17N5OS/c27-21(23-17-10-7-11-18(14-17)26-15-22-24-25-26)20(16-8-3-1-4-9-16)28-19-12-5-2-6-13-19/h1-15,20H,(H,23,27). The molecule has 0 fully saturated rings. The average Bonchev–Trinajstić information content (AvgIpc) is 3.28. The van der Waals surface area contributed by atoms with Crippen molar-refractivity contribution in [2.45, 2.75) is 10.1 Å². The Labute approximate surface area is 166 Å². The Hall–Kier alpha value is -3.45. The molecule has 0 spiro atoms. The minimum Gasteiger partial charge on any atom is -0.325 e. The number of hydrogen-bond acceptors (Lipinski definition) is 5. The van der Waals surface area contributed by atoms with Crippen molar-refractivity contribution >= 4 is 23.4 Å². The number of tetrazole rings is 1. The first-order chi connectivity index (χ1) is 13.8. The van der Waals surface area contributed by atoms with Gasteiger partial charge in [-0.2, -0.15) is 0 Å². The normalized spacial score (nSPS) is 11.7. The van der Waals surface area contributed by atoms with Crippen LogP contribution in [0.4, 0.5) is 5.69 Å². The van der Waals surface area contributed by atoms with Crippen LogP contribution in [-0.2, 0) is 4.79 Å². The quantitative estimate of drug-likeness (QED) is 0.504. The third-order valence-corrected chi connectivity index (χ3v) is 5.33. The summed E-state index contributed by atoms with van der Waals surface area (Å²) >= 11 is 1.52. The number of amides is 1. The van der Waals surface area contributed by atoms with E-state index in [-0.39, 0.29) is 11.2 Å². The second-order valence-corrected chi connectivity index (χ2v) is 7.19. The maximum absolute atomic E-state index is 13.1. The highest BCUT2D eigenvalue weighted by atomic mass is 32.2. The lowest BCUT2D eigenvalue weighted by molar-refractivity contribution is -0.115. The minimum atomic E-state index is -0.375. The largest absolute Gasteiger partial charge is 0.325 e. The van der Waals surface area contributed by atoms with Crippen LogP contribution in [0.25, 0.3) is 5.69 Å². The molecule has 28 heavy (non-hydrogen) atoms. The van der Waals surface area contributed by atoms with E-state index in [9.17, 15) is 4.79 Å². The number of aromatic nitrogens is 4. The SMILES string of the molecule is O=C(Nc1cccc(-n2cnnn2)c1)C(Sc1ccccc1)c1ccccc1. The molecule has 4 aromatic rings. The highest BCUT2D eigenvalue weighted by Gasteiger charge is 2.22. The zero-order chi connectivity index (χ0) is 19.2. The molecular formula is C21H17N5OS. The van der Waals surface area contributed by atoms with Crippen LogP contribution in [0, 0.1) is 0 Å². The van der Waals surface area contributed by atoms with Crippen molar-refractivity contribution in [1.29, 1.82) is 0 Å². The average molecular weight is 387 g/mol. The number of benzene rings is 3. The van der Waals surface area contributed by atoms with Gasteiger partial charge in [-0.3, -0.25) is 4.79 Å². The monoisotopic (exact) mass is 387 g/mol. The predicted molar refractivity (Wildman–Crippen MR) is 109 cm³/mol. The van der Waals surface area contributed by atoms with Gasteiger partial charge in [0.2, 0.25) is 5.91 Å². The number of anilines is 1. The molecule has 0 aliphatic rings. The highest BCUT2D eigenvalue weighted by Crippen LogP contribution is 2.36. The van der Waals surface area contributed by atoms with Crippen LogP contribution in [0.3, 0.4) is 0 Å². The number of nitrogens with zero attached hydrogens (tertiary/aromatic N) is 4. The summed E-state index contributed by atoms with van der Waals surface area (Å²) in [4.78, 5) is 14.2. The molecule has 1 amide bonds. The number of nitrogens with one attached hydrogen (secondary N) is 1. The van der Waals surface area contributed by atoms with Crippen LogP contribution in [-0.4, -0.2) is 26.1 Å². The van der Waals surface area contributed by atoms with Crippen LogP contribution in [0.1, 0.15) is 10.8 Å². The third kappa shape index (κ3) is 4.27. The van der Waals surface area contributed by atoms with Gasteiger partial charge in [0, 0.05) is 10.6 Å². The van der Waals surface area contributed by atoms with E-state index < -0.39 is 0 Å². The molecule has 138 valence electrons. The minimum absolute atomic E-state index is 0.0890. The number of thioether (sulfide) groups is 1. The molecular weight excluding hydrogens is 370 g/mol. The first-order valence-corrected chi connectivity index (χ1v) is 9.58. The summed E-state index contributed by atoms with van der Waals surface area (Å²) in [6.45, 7) is 0. The van der Waals surface area contributed by atoms with Crippen LogP contribution in [0.2, 0.25) is 0 Å². The second-order valence-electron chi connectivity index (χ2n) is 6.02. The molecule has 6 nitrogen and oxygen atoms in total. The van der Waals surface area contributed by atoms with E-state index in [0.29, 0.717) is 5.69 Å². The first kappa shape index (κ1) is 17.9. The van der Waals surface area contributed by atoms with Gasteiger partial charge in [-0.25, -0.2) is 4.68 Å². The number of hydrogen-bond donors (Lipinski definition) is 1. The Kier molecular flexibility index (Phi) is 5.44. The lowest BCUT2D eigenvalue weighted by Crippen LogP contribution is -2.19. The molecule has 0 bridgehead atoms. The van der Waals surface area contributed by atoms with Gasteiger partial charge in [-0.15, -0.1) is 16.9 Å². The fourth-order valence-electron chi connectivity index (χ4n) is 2.75. The van der Waals surface area contributed by atoms with Crippen molar-refractivity contribution in [3.8, 4) is 5.69 Å². The van der Waals surface area contributed by atoms with E-state index in [1.54, 1.807) is 4.68 Å². The molecule has 1 unspecified atom stereocenters. The van der Waals surface area contributed by atoms with Gasteiger partial charge in [0.25, 0.3) is 0 Å². The molecule has 1 N–H and O–H groups in total. The van der Waals surface area contributed by atoms with Crippen LogP contribution < -0.4 is 5.32 Å². The molecule has 0 aliphatic heterocycles. The molecule has 0 radical (unpaired) electrons. The molecule has 7 heteroatoms. The summed E-state index contributed by atoms with van der Waals surface area (Å²) < 4.78 is 1.54. The lowest BCUT2D eigenvalue weighted by atomic mass is 10.1. The molecule has 0 saturated carbocycles. The summed E-state index contributed by atoms with van der Waals surface area (Å²) in [5.74, 6) is -0.0890. The first-order valence-electron chi connectivity index (χ1n) is 8.70. The molecule has 0 aliphatic carbocycles. The summed E-state index contributed by atoms with van der Waals surface area (Å²) in [6, 6.07) is 27.1. The lowest BCUT2D eigenvalue weighted by Gasteiger charge is -2.17. The van der Waals surface area contributed by atoms with Crippen LogP contribution >= 0.6 is 11.8 Å². The van der Waals surface area contributed by atoms with Crippen molar-refractivity contribution in [3.05, 3.63) is 96.8 Å². The maximum Gasteiger partial charge on any atom is 0.242 e. The fraction of sp³-hybridized carbons (Fsp3) is 0.0476. The van der Waals surface area contributed by atoms with Gasteiger partial charge in [0.1, 0.15) is 11.6 Å². The van der Waals surface area contributed by atoms with E-state index >= 15 is 0 Å². The maximum atomic E-state index is 13.1. The molecule has 1 heterocycles. The van der Waals surface area contributed by atoms with Crippen molar-refractivity contribution in [3.63, 3.8) is 0 Å². The second kappa shape index (κ2) is 8.49. The summed E-state index contributed by atoms with van der Waals surface area (Å²) in [7, 11) is 0. The van der Waals surface area contributed by atoms with Crippen molar-refractivity contribution < 1.29 is 4.79 Å². The van der Waals surface area contributed by atoms with Gasteiger partial charge in [-0.05, 0) is 46.3 Å². The molecule has 4 rings (SSSR count). The Morgan fingerprint density at radius 1 is 0.929 bits per heavy atom. The highest BCUT2D eigenvalue weighted by molar-refractivity contribution is 8.00. The Bertz CT molecular complexity index is 1040. The molecule has 3 aromatic carbocycles. The summed E-state index contributed by atoms with van der Waals surface area (Å²) in [5, 5.41) is 13.8. The number of rotatable bonds is 6. The van der Waals surface area contributed by atoms with Gasteiger partial charge < -0.3 is 5.32 Å². The van der Waals surface area contributed by atoms with E-state index in [2.05, 4.69) is 20.8 Å². The van der Waals surface area contributed by atoms with Crippen LogP contribution in [0.5, 0.6) is 0 Å². The molecule has 0 saturated heterocycles. The topological polar surface area (TPSA) is 72.7 Å². The van der Waals surface area contributed by atoms with E-state index in [1.807, 2.05) is 84.9 Å². The molecule has 1 aromatic heterocycles. The Morgan fingerprint density at radius 3 is 2.39 bits per heavy atom. The zero-order valence-corrected chi connectivity index (χ0v) is 15.7. The number of carbonyl (C=O) groups excluding carboxylic acids is 1. The van der Waals surface area contributed by atoms with E-state index in [0.717, 1.165) is 16.1 Å². The zero-order valence-electron chi connectivity index (χ0n) is 14.8. The smallest absolute Gasteiger partial charge is 0.242 e. The van der Waals surface area contributed by atoms with Crippen molar-refractivity contribution in [2.24, 2.45) is 0 Å². The van der Waals surface area contributed by atoms with E-state index in [1.165, 1.54) is 18.1 Å². The van der Waals surface area contributed by atoms with Gasteiger partial charge in [0.15, 0.2) is 0 Å². The van der Waals surface area contributed by atoms with Crippen LogP contribution in [0.15, 0.2) is 96.2 Å². The summed E-state index contributed by atoms with van der Waals surface area (Å²) in [6.07, 6.45) is 1.51. The summed E-state index contributed by atoms with van der Waals surface area (Å²) in [5.41, 5.74) is 2.41. The third-order valence-electron chi connectivity index (χ3n) is 4.06. The van der Waals surface area contributed by atoms with Crippen molar-refractivity contribution in [1.82, 2.24) is 20.2 Å².